The lowest BCUT2D eigenvalue weighted by Crippen LogP contribution is -2.15. The predicted octanol–water partition coefficient (Wildman–Crippen LogP) is 3.36. The molecule has 0 aliphatic heterocycles. The van der Waals surface area contributed by atoms with Crippen molar-refractivity contribution in [3.8, 4) is 5.69 Å². The van der Waals surface area contributed by atoms with Crippen molar-refractivity contribution in [1.29, 1.82) is 0 Å². The van der Waals surface area contributed by atoms with E-state index < -0.39 is 5.97 Å². The fourth-order valence-electron chi connectivity index (χ4n) is 3.08. The molecule has 2 heterocycles. The van der Waals surface area contributed by atoms with Crippen LogP contribution in [0.4, 0.5) is 0 Å². The minimum atomic E-state index is -0.474. The number of ether oxygens (including phenoxy) is 1. The molecular formula is C21H17ClN4O3. The number of carbonyl (C=O) groups excluding carboxylic acids is 1. The summed E-state index contributed by atoms with van der Waals surface area (Å²) < 4.78 is 7.02. The van der Waals surface area contributed by atoms with Crippen molar-refractivity contribution in [2.24, 2.45) is 0 Å². The maximum absolute atomic E-state index is 12.4. The fraction of sp³-hybridized carbons (Fsp3) is 0.143. The van der Waals surface area contributed by atoms with Crippen LogP contribution in [0.2, 0.25) is 5.15 Å². The Labute approximate surface area is 170 Å². The van der Waals surface area contributed by atoms with E-state index in [1.54, 1.807) is 28.9 Å². The summed E-state index contributed by atoms with van der Waals surface area (Å²) in [6, 6.07) is 16.5. The quantitative estimate of drug-likeness (QED) is 0.511. The number of rotatable bonds is 5. The third-order valence-corrected chi connectivity index (χ3v) is 4.97. The molecule has 0 unspecified atom stereocenters. The van der Waals surface area contributed by atoms with Gasteiger partial charge in [-0.05, 0) is 25.1 Å². The van der Waals surface area contributed by atoms with Crippen LogP contribution in [0.15, 0.2) is 59.4 Å². The molecular weight excluding hydrogens is 392 g/mol. The molecule has 1 N–H and O–H groups in total. The number of fused-ring (bicyclic) bond motifs is 1. The fourth-order valence-corrected chi connectivity index (χ4v) is 3.41. The topological polar surface area (TPSA) is 89.9 Å². The summed E-state index contributed by atoms with van der Waals surface area (Å²) in [6.07, 6.45) is -0.0687. The smallest absolute Gasteiger partial charge is 0.312 e. The maximum atomic E-state index is 12.4. The van der Waals surface area contributed by atoms with E-state index >= 15 is 0 Å². The maximum Gasteiger partial charge on any atom is 0.312 e. The van der Waals surface area contributed by atoms with Gasteiger partial charge in [-0.15, -0.1) is 0 Å². The van der Waals surface area contributed by atoms with Crippen LogP contribution in [0.3, 0.4) is 0 Å². The zero-order chi connectivity index (χ0) is 20.4. The van der Waals surface area contributed by atoms with Crippen molar-refractivity contribution in [1.82, 2.24) is 20.0 Å². The number of H-pyrrole nitrogens is 1. The van der Waals surface area contributed by atoms with Gasteiger partial charge in [-0.25, -0.2) is 9.78 Å². The molecule has 7 nitrogen and oxygen atoms in total. The molecule has 0 aliphatic rings. The van der Waals surface area contributed by atoms with E-state index in [1.165, 1.54) is 0 Å². The minimum Gasteiger partial charge on any atom is -0.460 e. The van der Waals surface area contributed by atoms with Crippen LogP contribution in [0.25, 0.3) is 16.5 Å². The first kappa shape index (κ1) is 18.9. The number of nitrogens with one attached hydrogen (secondary N) is 1. The molecule has 0 saturated heterocycles. The first-order valence-corrected chi connectivity index (χ1v) is 9.33. The molecule has 0 atom stereocenters. The molecule has 4 rings (SSSR count). The van der Waals surface area contributed by atoms with Crippen molar-refractivity contribution >= 4 is 28.3 Å². The van der Waals surface area contributed by atoms with Gasteiger partial charge in [0.05, 0.1) is 28.9 Å². The van der Waals surface area contributed by atoms with Gasteiger partial charge < -0.3 is 4.74 Å². The Morgan fingerprint density at radius 2 is 1.79 bits per heavy atom. The molecule has 0 fully saturated rings. The van der Waals surface area contributed by atoms with Gasteiger partial charge in [-0.3, -0.25) is 9.59 Å². The standard InChI is InChI=1S/C21H17ClN4O3/c1-13-17(20(22)26(25-13)14-7-3-2-4-8-14)12-29-19(27)11-18-15-9-5-6-10-16(15)21(28)24-23-18/h2-10H,11-12H2,1H3,(H,24,28). The summed E-state index contributed by atoms with van der Waals surface area (Å²) >= 11 is 6.46. The Morgan fingerprint density at radius 3 is 2.55 bits per heavy atom. The molecule has 0 saturated carbocycles. The summed E-state index contributed by atoms with van der Waals surface area (Å²) in [5.74, 6) is -0.474. The van der Waals surface area contributed by atoms with Crippen molar-refractivity contribution in [3.63, 3.8) is 0 Å². The number of halogens is 1. The molecule has 2 aromatic carbocycles. The molecule has 146 valence electrons. The number of carbonyl (C=O) groups is 1. The van der Waals surface area contributed by atoms with E-state index in [2.05, 4.69) is 15.3 Å². The average molecular weight is 409 g/mol. The van der Waals surface area contributed by atoms with Crippen molar-refractivity contribution in [2.75, 3.05) is 0 Å². The number of esters is 1. The number of benzene rings is 2. The molecule has 8 heteroatoms. The lowest BCUT2D eigenvalue weighted by atomic mass is 10.1. The molecule has 0 aliphatic carbocycles. The number of aryl methyl sites for hydroxylation is 1. The van der Waals surface area contributed by atoms with Gasteiger partial charge >= 0.3 is 5.97 Å². The van der Waals surface area contributed by atoms with E-state index in [0.717, 1.165) is 5.69 Å². The molecule has 29 heavy (non-hydrogen) atoms. The van der Waals surface area contributed by atoms with Crippen molar-refractivity contribution in [2.45, 2.75) is 20.0 Å². The monoisotopic (exact) mass is 408 g/mol. The highest BCUT2D eigenvalue weighted by molar-refractivity contribution is 6.30. The third-order valence-electron chi connectivity index (χ3n) is 4.59. The lowest BCUT2D eigenvalue weighted by molar-refractivity contribution is -0.144. The molecule has 0 radical (unpaired) electrons. The molecule has 0 spiro atoms. The Bertz CT molecular complexity index is 1250. The first-order valence-electron chi connectivity index (χ1n) is 8.96. The van der Waals surface area contributed by atoms with E-state index in [4.69, 9.17) is 16.3 Å². The summed E-state index contributed by atoms with van der Waals surface area (Å²) in [4.78, 5) is 24.3. The summed E-state index contributed by atoms with van der Waals surface area (Å²) in [7, 11) is 0. The van der Waals surface area contributed by atoms with Crippen molar-refractivity contribution < 1.29 is 9.53 Å². The first-order chi connectivity index (χ1) is 14.0. The number of para-hydroxylation sites is 1. The van der Waals surface area contributed by atoms with Gasteiger partial charge in [0.2, 0.25) is 0 Å². The van der Waals surface area contributed by atoms with Crippen LogP contribution in [0.5, 0.6) is 0 Å². The van der Waals surface area contributed by atoms with E-state index in [9.17, 15) is 9.59 Å². The van der Waals surface area contributed by atoms with Crippen molar-refractivity contribution in [3.05, 3.63) is 87.1 Å². The van der Waals surface area contributed by atoms with Crippen LogP contribution in [-0.4, -0.2) is 25.9 Å². The Balaban J connectivity index is 1.51. The number of nitrogens with zero attached hydrogens (tertiary/aromatic N) is 3. The minimum absolute atomic E-state index is 0.00236. The zero-order valence-electron chi connectivity index (χ0n) is 15.6. The Morgan fingerprint density at radius 1 is 1.10 bits per heavy atom. The number of aromatic nitrogens is 4. The van der Waals surface area contributed by atoms with Crippen LogP contribution >= 0.6 is 11.6 Å². The van der Waals surface area contributed by atoms with Gasteiger partial charge in [0.1, 0.15) is 11.8 Å². The molecule has 4 aromatic rings. The third kappa shape index (κ3) is 3.77. The number of hydrogen-bond donors (Lipinski definition) is 1. The van der Waals surface area contributed by atoms with Crippen LogP contribution in [0.1, 0.15) is 17.0 Å². The highest BCUT2D eigenvalue weighted by atomic mass is 35.5. The normalized spacial score (nSPS) is 11.0. The Kier molecular flexibility index (Phi) is 5.14. The van der Waals surface area contributed by atoms with Gasteiger partial charge in [0.15, 0.2) is 0 Å². The van der Waals surface area contributed by atoms with E-state index in [-0.39, 0.29) is 18.6 Å². The average Bonchev–Trinajstić information content (AvgIpc) is 3.03. The highest BCUT2D eigenvalue weighted by Gasteiger charge is 2.17. The van der Waals surface area contributed by atoms with E-state index in [0.29, 0.717) is 32.9 Å². The van der Waals surface area contributed by atoms with Gasteiger partial charge in [0.25, 0.3) is 5.56 Å². The van der Waals surface area contributed by atoms with Crippen LogP contribution < -0.4 is 5.56 Å². The molecule has 2 aromatic heterocycles. The SMILES string of the molecule is Cc1nn(-c2ccccc2)c(Cl)c1COC(=O)Cc1n[nH]c(=O)c2ccccc12. The van der Waals surface area contributed by atoms with Gasteiger partial charge in [0, 0.05) is 10.9 Å². The van der Waals surface area contributed by atoms with E-state index in [1.807, 2.05) is 37.3 Å². The second kappa shape index (κ2) is 7.89. The van der Waals surface area contributed by atoms with Crippen LogP contribution in [-0.2, 0) is 22.6 Å². The highest BCUT2D eigenvalue weighted by Crippen LogP contribution is 2.24. The lowest BCUT2D eigenvalue weighted by Gasteiger charge is -2.07. The van der Waals surface area contributed by atoms with Gasteiger partial charge in [-0.1, -0.05) is 48.0 Å². The van der Waals surface area contributed by atoms with Crippen LogP contribution in [0, 0.1) is 6.92 Å². The summed E-state index contributed by atoms with van der Waals surface area (Å²) in [5.41, 5.74) is 2.30. The largest absolute Gasteiger partial charge is 0.460 e. The summed E-state index contributed by atoms with van der Waals surface area (Å²) in [6.45, 7) is 1.81. The second-order valence-corrected chi connectivity index (χ2v) is 6.84. The zero-order valence-corrected chi connectivity index (χ0v) is 16.3. The summed E-state index contributed by atoms with van der Waals surface area (Å²) in [5, 5.41) is 12.3. The number of aromatic amines is 1. The predicted molar refractivity (Wildman–Crippen MR) is 109 cm³/mol. The second-order valence-electron chi connectivity index (χ2n) is 6.48. The Hall–Kier alpha value is -3.45. The molecule has 0 bridgehead atoms. The number of hydrogen-bond acceptors (Lipinski definition) is 5. The molecule has 0 amide bonds. The van der Waals surface area contributed by atoms with Gasteiger partial charge in [-0.2, -0.15) is 10.2 Å².